The van der Waals surface area contributed by atoms with Crippen molar-refractivity contribution in [2.75, 3.05) is 20.3 Å². The smallest absolute Gasteiger partial charge is 0.366 e. The van der Waals surface area contributed by atoms with Gasteiger partial charge in [-0.3, -0.25) is 0 Å². The second kappa shape index (κ2) is 10.2. The third kappa shape index (κ3) is 4.54. The predicted molar refractivity (Wildman–Crippen MR) is 114 cm³/mol. The van der Waals surface area contributed by atoms with Crippen LogP contribution >= 0.6 is 0 Å². The quantitative estimate of drug-likeness (QED) is 0.329. The summed E-state index contributed by atoms with van der Waals surface area (Å²) in [5, 5.41) is 42.4. The van der Waals surface area contributed by atoms with E-state index < -0.39 is 86.1 Å². The van der Waals surface area contributed by atoms with Crippen LogP contribution < -0.4 is 0 Å². The van der Waals surface area contributed by atoms with Crippen molar-refractivity contribution < 1.29 is 63.1 Å². The summed E-state index contributed by atoms with van der Waals surface area (Å²) in [5.41, 5.74) is 0.747. The first-order chi connectivity index (χ1) is 17.3. The Kier molecular flexibility index (Phi) is 7.33. The van der Waals surface area contributed by atoms with Crippen LogP contribution in [0.1, 0.15) is 18.8 Å². The molecule has 0 spiro atoms. The summed E-state index contributed by atoms with van der Waals surface area (Å²) in [6.45, 7) is 0.763. The van der Waals surface area contributed by atoms with Gasteiger partial charge in [-0.15, -0.1) is 0 Å². The van der Waals surface area contributed by atoms with E-state index in [1.807, 2.05) is 30.3 Å². The first-order valence-corrected chi connectivity index (χ1v) is 11.6. The zero-order valence-electron chi connectivity index (χ0n) is 19.6. The fraction of sp³-hybridized carbons (Fsp3) is 0.696. The SMILES string of the molecule is COC(=O)C1(C)OC2C(O)[C@H](O[C@@H]3OC4COC(c5ccccc5)O[C@@H]4C(O)C3O)C(CO)O[C@@H]2O1. The van der Waals surface area contributed by atoms with Gasteiger partial charge in [-0.1, -0.05) is 30.3 Å². The summed E-state index contributed by atoms with van der Waals surface area (Å²) < 4.78 is 44.7. The Morgan fingerprint density at radius 2 is 1.78 bits per heavy atom. The zero-order chi connectivity index (χ0) is 25.6. The van der Waals surface area contributed by atoms with Crippen LogP contribution in [0.3, 0.4) is 0 Å². The Morgan fingerprint density at radius 1 is 1.03 bits per heavy atom. The van der Waals surface area contributed by atoms with Crippen LogP contribution in [0.25, 0.3) is 0 Å². The van der Waals surface area contributed by atoms with Crippen molar-refractivity contribution >= 4 is 5.97 Å². The minimum atomic E-state index is -1.84. The maximum absolute atomic E-state index is 12.1. The summed E-state index contributed by atoms with van der Waals surface area (Å²) in [6, 6.07) is 9.13. The highest BCUT2D eigenvalue weighted by Crippen LogP contribution is 2.40. The van der Waals surface area contributed by atoms with Crippen molar-refractivity contribution in [2.45, 2.75) is 80.4 Å². The van der Waals surface area contributed by atoms with Crippen LogP contribution in [0.2, 0.25) is 0 Å². The van der Waals surface area contributed by atoms with Crippen molar-refractivity contribution in [3.05, 3.63) is 35.9 Å². The molecule has 0 radical (unpaired) electrons. The molecule has 4 fully saturated rings. The first kappa shape index (κ1) is 25.9. The maximum atomic E-state index is 12.1. The highest BCUT2D eigenvalue weighted by molar-refractivity contribution is 5.77. The van der Waals surface area contributed by atoms with E-state index >= 15 is 0 Å². The number of hydrogen-bond acceptors (Lipinski definition) is 13. The van der Waals surface area contributed by atoms with Crippen molar-refractivity contribution in [3.63, 3.8) is 0 Å². The molecule has 0 aromatic heterocycles. The number of fused-ring (bicyclic) bond motifs is 2. The van der Waals surface area contributed by atoms with E-state index in [9.17, 15) is 25.2 Å². The molecule has 0 bridgehead atoms. The van der Waals surface area contributed by atoms with Gasteiger partial charge in [-0.25, -0.2) is 4.79 Å². The Balaban J connectivity index is 1.27. The Hall–Kier alpha value is -1.75. The predicted octanol–water partition coefficient (Wildman–Crippen LogP) is -1.68. The van der Waals surface area contributed by atoms with Gasteiger partial charge in [0.2, 0.25) is 0 Å². The molecule has 1 aromatic rings. The molecule has 36 heavy (non-hydrogen) atoms. The Morgan fingerprint density at radius 3 is 2.47 bits per heavy atom. The second-order valence-electron chi connectivity index (χ2n) is 9.16. The lowest BCUT2D eigenvalue weighted by atomic mass is 9.96. The fourth-order valence-electron chi connectivity index (χ4n) is 4.85. The van der Waals surface area contributed by atoms with E-state index in [0.717, 1.165) is 12.7 Å². The first-order valence-electron chi connectivity index (χ1n) is 11.6. The minimum absolute atomic E-state index is 0.0418. The minimum Gasteiger partial charge on any atom is -0.465 e. The summed E-state index contributed by atoms with van der Waals surface area (Å²) in [7, 11) is 1.16. The molecule has 4 heterocycles. The van der Waals surface area contributed by atoms with Crippen LogP contribution in [0, 0.1) is 0 Å². The van der Waals surface area contributed by atoms with Gasteiger partial charge in [0, 0.05) is 12.5 Å². The highest BCUT2D eigenvalue weighted by atomic mass is 16.9. The Labute approximate surface area is 206 Å². The lowest BCUT2D eigenvalue weighted by Gasteiger charge is -2.48. The number of methoxy groups -OCH3 is 1. The van der Waals surface area contributed by atoms with Gasteiger partial charge in [0.1, 0.15) is 48.8 Å². The van der Waals surface area contributed by atoms with E-state index in [2.05, 4.69) is 4.74 Å². The number of benzene rings is 1. The molecule has 5 rings (SSSR count). The lowest BCUT2D eigenvalue weighted by Crippen LogP contribution is -2.65. The molecule has 13 nitrogen and oxygen atoms in total. The monoisotopic (exact) mass is 514 g/mol. The van der Waals surface area contributed by atoms with Gasteiger partial charge in [-0.2, -0.15) is 0 Å². The number of carbonyl (C=O) groups excluding carboxylic acids is 1. The third-order valence-corrected chi connectivity index (χ3v) is 6.75. The molecule has 0 amide bonds. The molecule has 4 saturated heterocycles. The molecule has 4 aliphatic heterocycles. The summed E-state index contributed by atoms with van der Waals surface area (Å²) in [4.78, 5) is 12.1. The largest absolute Gasteiger partial charge is 0.465 e. The third-order valence-electron chi connectivity index (χ3n) is 6.75. The standard InChI is InChI=1S/C23H30O13/c1-23(22(28)29-2)35-18-15(27)16(11(8-24)31-21(18)36-23)34-20-14(26)13(25)17-12(32-20)9-30-19(33-17)10-6-4-3-5-7-10/h3-7,11-21,24-27H,8-9H2,1-2H3/t11?,12?,13?,14?,15?,16-,17+,18?,19?,20+,21-,23?/m1/s1. The van der Waals surface area contributed by atoms with Gasteiger partial charge in [-0.05, 0) is 0 Å². The molecule has 8 unspecified atom stereocenters. The number of aliphatic hydroxyl groups excluding tert-OH is 4. The normalized spacial score (nSPS) is 46.6. The number of ether oxygens (including phenoxy) is 8. The van der Waals surface area contributed by atoms with Crippen LogP contribution in [0.5, 0.6) is 0 Å². The molecule has 13 heteroatoms. The van der Waals surface area contributed by atoms with E-state index in [0.29, 0.717) is 0 Å². The van der Waals surface area contributed by atoms with E-state index in [1.54, 1.807) is 0 Å². The Bertz CT molecular complexity index is 915. The second-order valence-corrected chi connectivity index (χ2v) is 9.16. The molecule has 4 aliphatic rings. The molecular weight excluding hydrogens is 484 g/mol. The molecule has 4 N–H and O–H groups in total. The average molecular weight is 514 g/mol. The average Bonchev–Trinajstić information content (AvgIpc) is 3.26. The van der Waals surface area contributed by atoms with E-state index in [-0.39, 0.29) is 6.61 Å². The number of esters is 1. The van der Waals surface area contributed by atoms with Crippen molar-refractivity contribution in [3.8, 4) is 0 Å². The maximum Gasteiger partial charge on any atom is 0.366 e. The van der Waals surface area contributed by atoms with Crippen molar-refractivity contribution in [2.24, 2.45) is 0 Å². The number of hydrogen-bond donors (Lipinski definition) is 4. The number of aliphatic hydroxyl groups is 4. The number of carbonyl (C=O) groups is 1. The summed E-state index contributed by atoms with van der Waals surface area (Å²) in [5.74, 6) is -2.67. The van der Waals surface area contributed by atoms with Crippen molar-refractivity contribution in [1.29, 1.82) is 0 Å². The number of rotatable bonds is 5. The van der Waals surface area contributed by atoms with Crippen LogP contribution in [-0.4, -0.2) is 114 Å². The van der Waals surface area contributed by atoms with Crippen LogP contribution in [0.15, 0.2) is 30.3 Å². The molecular formula is C23H30O13. The highest BCUT2D eigenvalue weighted by Gasteiger charge is 2.60. The van der Waals surface area contributed by atoms with Gasteiger partial charge >= 0.3 is 5.97 Å². The molecule has 200 valence electrons. The van der Waals surface area contributed by atoms with Crippen LogP contribution in [-0.2, 0) is 42.7 Å². The van der Waals surface area contributed by atoms with Gasteiger partial charge in [0.05, 0.1) is 20.3 Å². The zero-order valence-corrected chi connectivity index (χ0v) is 19.6. The van der Waals surface area contributed by atoms with Gasteiger partial charge in [0.15, 0.2) is 18.9 Å². The molecule has 0 aliphatic carbocycles. The lowest BCUT2D eigenvalue weighted by molar-refractivity contribution is -0.380. The van der Waals surface area contributed by atoms with Crippen molar-refractivity contribution in [1.82, 2.24) is 0 Å². The summed E-state index contributed by atoms with van der Waals surface area (Å²) >= 11 is 0. The van der Waals surface area contributed by atoms with E-state index in [1.165, 1.54) is 6.92 Å². The van der Waals surface area contributed by atoms with Crippen LogP contribution in [0.4, 0.5) is 0 Å². The van der Waals surface area contributed by atoms with Gasteiger partial charge < -0.3 is 58.3 Å². The summed E-state index contributed by atoms with van der Waals surface area (Å²) in [6.07, 6.45) is -13.1. The fourth-order valence-corrected chi connectivity index (χ4v) is 4.85. The molecule has 1 aromatic carbocycles. The topological polar surface area (TPSA) is 172 Å². The molecule has 12 atom stereocenters. The van der Waals surface area contributed by atoms with Gasteiger partial charge in [0.25, 0.3) is 5.79 Å². The van der Waals surface area contributed by atoms with E-state index in [4.69, 9.17) is 33.2 Å². The molecule has 0 saturated carbocycles.